The molecule has 7 heteroatoms. The van der Waals surface area contributed by atoms with Gasteiger partial charge in [-0.05, 0) is 49.1 Å². The fraction of sp³-hybridized carbons (Fsp3) is 0.375. The molecule has 0 radical (unpaired) electrons. The van der Waals surface area contributed by atoms with E-state index >= 15 is 0 Å². The fourth-order valence-corrected chi connectivity index (χ4v) is 4.42. The van der Waals surface area contributed by atoms with Gasteiger partial charge in [0.25, 0.3) is 0 Å². The van der Waals surface area contributed by atoms with Crippen molar-refractivity contribution in [2.75, 3.05) is 25.0 Å². The van der Waals surface area contributed by atoms with E-state index in [1.54, 1.807) is 0 Å². The molecule has 31 heavy (non-hydrogen) atoms. The monoisotopic (exact) mass is 418 g/mol. The standard InChI is InChI=1S/C24H26N4O3/c29-22-8-4-13-27(22)15-17-9-11-19(12-10-17)25-24(30)28-14-3-5-18(16-28)23-26-20-6-1-2-7-21(20)31-23/h1-2,6-7,9-12,18H,3-5,8,13-16H2,(H,25,30). The van der Waals surface area contributed by atoms with E-state index in [-0.39, 0.29) is 17.9 Å². The van der Waals surface area contributed by atoms with E-state index in [9.17, 15) is 9.59 Å². The minimum atomic E-state index is -0.108. The van der Waals surface area contributed by atoms with Gasteiger partial charge in [0.15, 0.2) is 11.5 Å². The average Bonchev–Trinajstić information content (AvgIpc) is 3.41. The van der Waals surface area contributed by atoms with E-state index in [2.05, 4.69) is 10.3 Å². The summed E-state index contributed by atoms with van der Waals surface area (Å²) in [4.78, 5) is 33.0. The van der Waals surface area contributed by atoms with Gasteiger partial charge in [0.2, 0.25) is 5.91 Å². The Balaban J connectivity index is 1.20. The Labute approximate surface area is 181 Å². The average molecular weight is 418 g/mol. The molecule has 1 N–H and O–H groups in total. The van der Waals surface area contributed by atoms with Crippen molar-refractivity contribution in [1.29, 1.82) is 0 Å². The van der Waals surface area contributed by atoms with E-state index in [0.29, 0.717) is 25.4 Å². The molecule has 5 rings (SSSR count). The van der Waals surface area contributed by atoms with Gasteiger partial charge in [-0.25, -0.2) is 9.78 Å². The van der Waals surface area contributed by atoms with Gasteiger partial charge in [-0.3, -0.25) is 4.79 Å². The number of carbonyl (C=O) groups excluding carboxylic acids is 2. The molecule has 2 fully saturated rings. The number of hydrogen-bond donors (Lipinski definition) is 1. The van der Waals surface area contributed by atoms with Crippen molar-refractivity contribution in [3.63, 3.8) is 0 Å². The number of oxazole rings is 1. The zero-order chi connectivity index (χ0) is 21.2. The number of likely N-dealkylation sites (tertiary alicyclic amines) is 2. The molecule has 2 aliphatic heterocycles. The Kier molecular flexibility index (Phi) is 5.32. The SMILES string of the molecule is O=C1CCCN1Cc1ccc(NC(=O)N2CCCC(c3nc4ccccc4o3)C2)cc1. The first kappa shape index (κ1) is 19.6. The van der Waals surface area contributed by atoms with Gasteiger partial charge >= 0.3 is 6.03 Å². The lowest BCUT2D eigenvalue weighted by molar-refractivity contribution is -0.128. The van der Waals surface area contributed by atoms with Crippen LogP contribution < -0.4 is 5.32 Å². The van der Waals surface area contributed by atoms with Crippen LogP contribution in [0.2, 0.25) is 0 Å². The summed E-state index contributed by atoms with van der Waals surface area (Å²) in [5.41, 5.74) is 3.47. The molecule has 0 spiro atoms. The van der Waals surface area contributed by atoms with Gasteiger partial charge in [0.05, 0.1) is 5.92 Å². The molecule has 160 valence electrons. The molecule has 1 unspecified atom stereocenters. The summed E-state index contributed by atoms with van der Waals surface area (Å²) in [6.45, 7) is 2.77. The minimum Gasteiger partial charge on any atom is -0.440 e. The second kappa shape index (κ2) is 8.41. The number of para-hydroxylation sites is 2. The summed E-state index contributed by atoms with van der Waals surface area (Å²) in [7, 11) is 0. The second-order valence-corrected chi connectivity index (χ2v) is 8.35. The first-order valence-corrected chi connectivity index (χ1v) is 10.9. The molecule has 0 bridgehead atoms. The van der Waals surface area contributed by atoms with Gasteiger partial charge in [-0.2, -0.15) is 0 Å². The Bertz CT molecular complexity index is 1060. The van der Waals surface area contributed by atoms with Crippen molar-refractivity contribution in [2.45, 2.75) is 38.1 Å². The van der Waals surface area contributed by atoms with Crippen LogP contribution in [0.15, 0.2) is 52.9 Å². The third kappa shape index (κ3) is 4.26. The third-order valence-corrected chi connectivity index (χ3v) is 6.12. The van der Waals surface area contributed by atoms with Crippen LogP contribution in [-0.2, 0) is 11.3 Å². The number of urea groups is 1. The zero-order valence-corrected chi connectivity index (χ0v) is 17.4. The van der Waals surface area contributed by atoms with Crippen LogP contribution in [0.3, 0.4) is 0 Å². The Morgan fingerprint density at radius 3 is 2.71 bits per heavy atom. The molecule has 2 saturated heterocycles. The van der Waals surface area contributed by atoms with Crippen LogP contribution in [0.4, 0.5) is 10.5 Å². The first-order chi connectivity index (χ1) is 15.2. The number of carbonyl (C=O) groups is 2. The number of benzene rings is 2. The Morgan fingerprint density at radius 1 is 1.10 bits per heavy atom. The second-order valence-electron chi connectivity index (χ2n) is 8.35. The number of fused-ring (bicyclic) bond motifs is 1. The molecule has 7 nitrogen and oxygen atoms in total. The van der Waals surface area contributed by atoms with Crippen molar-refractivity contribution >= 4 is 28.7 Å². The molecule has 1 aromatic heterocycles. The number of amides is 3. The summed E-state index contributed by atoms with van der Waals surface area (Å²) in [5.74, 6) is 1.03. The number of nitrogens with one attached hydrogen (secondary N) is 1. The number of nitrogens with zero attached hydrogens (tertiary/aromatic N) is 3. The lowest BCUT2D eigenvalue weighted by Gasteiger charge is -2.31. The predicted molar refractivity (Wildman–Crippen MR) is 118 cm³/mol. The van der Waals surface area contributed by atoms with Gasteiger partial charge in [-0.15, -0.1) is 0 Å². The van der Waals surface area contributed by atoms with Gasteiger partial charge in [0.1, 0.15) is 5.52 Å². The molecule has 3 aromatic rings. The van der Waals surface area contributed by atoms with Crippen molar-refractivity contribution < 1.29 is 14.0 Å². The molecular formula is C24H26N4O3. The van der Waals surface area contributed by atoms with Crippen molar-refractivity contribution in [3.05, 3.63) is 60.0 Å². The van der Waals surface area contributed by atoms with E-state index in [1.165, 1.54) is 0 Å². The van der Waals surface area contributed by atoms with Crippen LogP contribution in [0.5, 0.6) is 0 Å². The summed E-state index contributed by atoms with van der Waals surface area (Å²) in [5, 5.41) is 3.00. The summed E-state index contributed by atoms with van der Waals surface area (Å²) >= 11 is 0. The molecule has 0 saturated carbocycles. The van der Waals surface area contributed by atoms with Crippen molar-refractivity contribution in [1.82, 2.24) is 14.8 Å². The maximum absolute atomic E-state index is 12.8. The summed E-state index contributed by atoms with van der Waals surface area (Å²) in [6.07, 6.45) is 3.46. The number of aromatic nitrogens is 1. The highest BCUT2D eigenvalue weighted by molar-refractivity contribution is 5.89. The fourth-order valence-electron chi connectivity index (χ4n) is 4.42. The molecular weight excluding hydrogens is 392 g/mol. The molecule has 2 aliphatic rings. The van der Waals surface area contributed by atoms with Crippen LogP contribution >= 0.6 is 0 Å². The smallest absolute Gasteiger partial charge is 0.321 e. The van der Waals surface area contributed by atoms with Crippen LogP contribution in [-0.4, -0.2) is 46.4 Å². The molecule has 3 amide bonds. The largest absolute Gasteiger partial charge is 0.440 e. The Hall–Kier alpha value is -3.35. The highest BCUT2D eigenvalue weighted by Crippen LogP contribution is 2.29. The van der Waals surface area contributed by atoms with Crippen LogP contribution in [0.25, 0.3) is 11.1 Å². The third-order valence-electron chi connectivity index (χ3n) is 6.12. The maximum atomic E-state index is 12.8. The molecule has 0 aliphatic carbocycles. The number of hydrogen-bond acceptors (Lipinski definition) is 4. The van der Waals surface area contributed by atoms with E-state index in [1.807, 2.05) is 58.3 Å². The van der Waals surface area contributed by atoms with Crippen LogP contribution in [0.1, 0.15) is 43.1 Å². The summed E-state index contributed by atoms with van der Waals surface area (Å²) in [6, 6.07) is 15.4. The minimum absolute atomic E-state index is 0.104. The van der Waals surface area contributed by atoms with E-state index in [4.69, 9.17) is 4.42 Å². The summed E-state index contributed by atoms with van der Waals surface area (Å²) < 4.78 is 5.93. The number of anilines is 1. The van der Waals surface area contributed by atoms with Gasteiger partial charge < -0.3 is 19.5 Å². The van der Waals surface area contributed by atoms with Gasteiger partial charge in [0, 0.05) is 38.3 Å². The van der Waals surface area contributed by atoms with Crippen molar-refractivity contribution in [3.8, 4) is 0 Å². The van der Waals surface area contributed by atoms with Crippen molar-refractivity contribution in [2.24, 2.45) is 0 Å². The molecule has 2 aromatic carbocycles. The van der Waals surface area contributed by atoms with Crippen LogP contribution in [0, 0.1) is 0 Å². The normalized spacial score (nSPS) is 19.2. The maximum Gasteiger partial charge on any atom is 0.321 e. The topological polar surface area (TPSA) is 78.7 Å². The lowest BCUT2D eigenvalue weighted by atomic mass is 9.98. The predicted octanol–water partition coefficient (Wildman–Crippen LogP) is 4.36. The van der Waals surface area contributed by atoms with Gasteiger partial charge in [-0.1, -0.05) is 24.3 Å². The quantitative estimate of drug-likeness (QED) is 0.683. The Morgan fingerprint density at radius 2 is 1.94 bits per heavy atom. The van der Waals surface area contributed by atoms with E-state index in [0.717, 1.165) is 54.7 Å². The lowest BCUT2D eigenvalue weighted by Crippen LogP contribution is -2.41. The van der Waals surface area contributed by atoms with E-state index < -0.39 is 0 Å². The highest BCUT2D eigenvalue weighted by atomic mass is 16.3. The number of rotatable bonds is 4. The number of piperidine rings is 1. The first-order valence-electron chi connectivity index (χ1n) is 10.9. The zero-order valence-electron chi connectivity index (χ0n) is 17.4. The molecule has 1 atom stereocenters. The highest BCUT2D eigenvalue weighted by Gasteiger charge is 2.28. The molecule has 3 heterocycles.